The van der Waals surface area contributed by atoms with Crippen molar-refractivity contribution in [1.29, 1.82) is 0 Å². The van der Waals surface area contributed by atoms with Gasteiger partial charge < -0.3 is 27.4 Å². The van der Waals surface area contributed by atoms with Gasteiger partial charge in [0.2, 0.25) is 0 Å². The Labute approximate surface area is 135 Å². The van der Waals surface area contributed by atoms with Gasteiger partial charge in [0.25, 0.3) is 0 Å². The molecule has 0 N–H and O–H groups in total. The quantitative estimate of drug-likeness (QED) is 0.476. The van der Waals surface area contributed by atoms with Gasteiger partial charge in [-0.2, -0.15) is 0 Å². The topological polar surface area (TPSA) is 142 Å². The summed E-state index contributed by atoms with van der Waals surface area (Å²) in [4.78, 5) is 0. The van der Waals surface area contributed by atoms with Gasteiger partial charge in [-0.1, -0.05) is 0 Å². The van der Waals surface area contributed by atoms with Crippen molar-refractivity contribution < 1.29 is 62.1 Å². The zero-order valence-corrected chi connectivity index (χ0v) is 11.2. The molecule has 0 aromatic heterocycles. The molecule has 0 heterocycles. The molecule has 0 spiro atoms. The Hall–Kier alpha value is 3.38. The van der Waals surface area contributed by atoms with Gasteiger partial charge in [-0.3, -0.25) is 0 Å². The van der Waals surface area contributed by atoms with Gasteiger partial charge in [-0.15, -0.1) is 0 Å². The van der Waals surface area contributed by atoms with E-state index in [1.807, 2.05) is 0 Å². The van der Waals surface area contributed by atoms with Gasteiger partial charge in [0.15, 0.2) is 0 Å². The van der Waals surface area contributed by atoms with E-state index < -0.39 is 0 Å². The molecule has 2 radical (unpaired) electrons. The second-order valence-corrected chi connectivity index (χ2v) is 0. The first-order chi connectivity index (χ1) is 0. The van der Waals surface area contributed by atoms with Gasteiger partial charge in [0, 0.05) is 0 Å². The largest absolute Gasteiger partial charge is 3.00 e. The normalized spacial score (nSPS) is 0. The minimum Gasteiger partial charge on any atom is -2.00 e. The summed E-state index contributed by atoms with van der Waals surface area (Å²) in [7, 11) is 0. The molecule has 0 aliphatic carbocycles. The van der Waals surface area contributed by atoms with Gasteiger partial charge >= 0.3 is 110 Å². The average molecular weight is 264 g/mol. The van der Waals surface area contributed by atoms with Crippen molar-refractivity contribution in [2.24, 2.45) is 0 Å². The van der Waals surface area contributed by atoms with Crippen LogP contribution in [0.5, 0.6) is 0 Å². The molecule has 0 unspecified atom stereocenters. The Balaban J connectivity index is 0. The van der Waals surface area contributed by atoms with Crippen molar-refractivity contribution in [1.82, 2.24) is 0 Å². The zero-order valence-electron chi connectivity index (χ0n) is 4.27. The Morgan fingerprint density at radius 1 is 0.333 bits per heavy atom. The van der Waals surface area contributed by atoms with Crippen LogP contribution in [0.1, 0.15) is 0 Å². The van der Waals surface area contributed by atoms with Crippen LogP contribution in [0.25, 0.3) is 0 Å². The fourth-order valence-corrected chi connectivity index (χ4v) is 0. The first-order valence-corrected chi connectivity index (χ1v) is 0. The van der Waals surface area contributed by atoms with Crippen molar-refractivity contribution in [3.05, 3.63) is 0 Å². The molecule has 0 saturated heterocycles. The molecule has 9 heavy (non-hydrogen) atoms. The molecule has 9 heteroatoms. The average Bonchev–Trinajstić information content (AvgIpc) is 0. The van der Waals surface area contributed by atoms with Crippen LogP contribution >= 0.6 is 0 Å². The van der Waals surface area contributed by atoms with Crippen LogP contribution in [0, 0.1) is 0 Å². The third-order valence-electron chi connectivity index (χ3n) is 0. The predicted molar refractivity (Wildman–Crippen MR) is 14.9 cm³/mol. The van der Waals surface area contributed by atoms with Crippen LogP contribution in [0.3, 0.4) is 0 Å². The summed E-state index contributed by atoms with van der Waals surface area (Å²) < 4.78 is 0. The van der Waals surface area contributed by atoms with Gasteiger partial charge in [0.05, 0.1) is 0 Å². The molecule has 0 rings (SSSR count). The molecule has 0 aliphatic rings. The van der Waals surface area contributed by atoms with E-state index in [0.29, 0.717) is 0 Å². The summed E-state index contributed by atoms with van der Waals surface area (Å²) in [6, 6.07) is 0. The van der Waals surface area contributed by atoms with Crippen LogP contribution in [-0.4, -0.2) is 75.5 Å². The molecule has 0 atom stereocenters. The van der Waals surface area contributed by atoms with E-state index in [9.17, 15) is 0 Å². The van der Waals surface area contributed by atoms with Crippen molar-refractivity contribution >= 4 is 75.5 Å². The van der Waals surface area contributed by atoms with Crippen molar-refractivity contribution in [2.45, 2.75) is 0 Å². The summed E-state index contributed by atoms with van der Waals surface area (Å²) in [5, 5.41) is 0. The van der Waals surface area contributed by atoms with E-state index in [2.05, 4.69) is 0 Å². The molecular formula is Ca2Cr2O5. The molecule has 0 aliphatic heterocycles. The molecule has 0 fully saturated rings. The minimum atomic E-state index is 0. The molecule has 0 aromatic rings. The van der Waals surface area contributed by atoms with Crippen molar-refractivity contribution in [3.63, 3.8) is 0 Å². The molecule has 0 saturated carbocycles. The summed E-state index contributed by atoms with van der Waals surface area (Å²) in [5.41, 5.74) is 0. The maximum absolute atomic E-state index is 0. The van der Waals surface area contributed by atoms with Gasteiger partial charge in [-0.25, -0.2) is 0 Å². The Bertz CT molecular complexity index is 12.9. The third kappa shape index (κ3) is 87.5. The Morgan fingerprint density at radius 2 is 0.333 bits per heavy atom. The Kier molecular flexibility index (Phi) is 1670. The van der Waals surface area contributed by atoms with Crippen molar-refractivity contribution in [3.8, 4) is 0 Å². The molecule has 0 bridgehead atoms. The third-order valence-corrected chi connectivity index (χ3v) is 0. The first kappa shape index (κ1) is 140. The minimum absolute atomic E-state index is 0. The predicted octanol–water partition coefficient (Wildman–Crippen LogP) is -1.36. The first-order valence-electron chi connectivity index (χ1n) is 0. The maximum atomic E-state index is 0. The van der Waals surface area contributed by atoms with Crippen LogP contribution < -0.4 is 0 Å². The van der Waals surface area contributed by atoms with Gasteiger partial charge in [0.1, 0.15) is 0 Å². The smallest absolute Gasteiger partial charge is 2.00 e. The molecule has 0 aromatic carbocycles. The summed E-state index contributed by atoms with van der Waals surface area (Å²) >= 11 is 0. The standard InChI is InChI=1S/2Ca.2Cr.5O/q2*+2;2*+3;5*-2. The SMILES string of the molecule is [Ca+2].[Ca+2].[Cr+3].[Cr+3].[O-2].[O-2].[O-2].[O-2].[O-2]. The second-order valence-electron chi connectivity index (χ2n) is 0. The Morgan fingerprint density at radius 3 is 0.333 bits per heavy atom. The van der Waals surface area contributed by atoms with E-state index in [1.165, 1.54) is 0 Å². The summed E-state index contributed by atoms with van der Waals surface area (Å²) in [6.07, 6.45) is 0. The van der Waals surface area contributed by atoms with Crippen LogP contribution in [0.4, 0.5) is 0 Å². The molecule has 5 nitrogen and oxygen atoms in total. The van der Waals surface area contributed by atoms with E-state index in [-0.39, 0.29) is 138 Å². The van der Waals surface area contributed by atoms with Crippen molar-refractivity contribution in [2.75, 3.05) is 0 Å². The van der Waals surface area contributed by atoms with E-state index in [0.717, 1.165) is 0 Å². The molecular weight excluding hydrogens is 264 g/mol. The van der Waals surface area contributed by atoms with E-state index >= 15 is 0 Å². The number of hydrogen-bond acceptors (Lipinski definition) is 0. The molecule has 46 valence electrons. The fourth-order valence-electron chi connectivity index (χ4n) is 0. The van der Waals surface area contributed by atoms with Gasteiger partial charge in [-0.05, 0) is 0 Å². The van der Waals surface area contributed by atoms with E-state index in [1.54, 1.807) is 0 Å². The van der Waals surface area contributed by atoms with Crippen LogP contribution in [0.2, 0.25) is 0 Å². The zero-order chi connectivity index (χ0) is 0. The summed E-state index contributed by atoms with van der Waals surface area (Å²) in [5.74, 6) is 0. The summed E-state index contributed by atoms with van der Waals surface area (Å²) in [6.45, 7) is 0. The fraction of sp³-hybridized carbons (Fsp3) is 0. The second kappa shape index (κ2) is 107. The van der Waals surface area contributed by atoms with Crippen LogP contribution in [0.15, 0.2) is 0 Å². The molecule has 0 amide bonds. The number of rotatable bonds is 0. The van der Waals surface area contributed by atoms with E-state index in [4.69, 9.17) is 0 Å². The van der Waals surface area contributed by atoms with Crippen LogP contribution in [-0.2, 0) is 62.1 Å². The maximum Gasteiger partial charge on any atom is 3.00 e. The number of hydrogen-bond donors (Lipinski definition) is 0. The monoisotopic (exact) mass is 264 g/mol.